The number of hydrogen-bond donors (Lipinski definition) is 1. The minimum atomic E-state index is -0.0332. The van der Waals surface area contributed by atoms with Crippen LogP contribution in [0.4, 0.5) is 16.3 Å². The van der Waals surface area contributed by atoms with Gasteiger partial charge >= 0.3 is 6.03 Å². The van der Waals surface area contributed by atoms with Crippen molar-refractivity contribution in [2.45, 2.75) is 32.2 Å². The van der Waals surface area contributed by atoms with E-state index >= 15 is 0 Å². The van der Waals surface area contributed by atoms with Gasteiger partial charge in [0.1, 0.15) is 5.82 Å². The summed E-state index contributed by atoms with van der Waals surface area (Å²) in [6.45, 7) is 1.90. The molecule has 2 aliphatic rings. The number of nitrogens with zero attached hydrogens (tertiary/aromatic N) is 3. The maximum absolute atomic E-state index is 12.7. The van der Waals surface area contributed by atoms with Crippen molar-refractivity contribution in [1.82, 2.24) is 9.88 Å². The van der Waals surface area contributed by atoms with E-state index in [4.69, 9.17) is 0 Å². The van der Waals surface area contributed by atoms with Gasteiger partial charge in [-0.2, -0.15) is 0 Å². The predicted octanol–water partition coefficient (Wildman–Crippen LogP) is 3.65. The van der Waals surface area contributed by atoms with Crippen molar-refractivity contribution in [3.8, 4) is 0 Å². The van der Waals surface area contributed by atoms with Crippen LogP contribution in [0.5, 0.6) is 0 Å². The van der Waals surface area contributed by atoms with E-state index in [0.29, 0.717) is 31.1 Å². The first kappa shape index (κ1) is 17.5. The van der Waals surface area contributed by atoms with Crippen LogP contribution in [0.2, 0.25) is 0 Å². The van der Waals surface area contributed by atoms with Gasteiger partial charge in [-0.05, 0) is 30.5 Å². The lowest BCUT2D eigenvalue weighted by atomic mass is 10.1. The summed E-state index contributed by atoms with van der Waals surface area (Å²) in [5.41, 5.74) is 1.80. The van der Waals surface area contributed by atoms with Gasteiger partial charge in [-0.1, -0.05) is 43.2 Å². The second kappa shape index (κ2) is 7.78. The van der Waals surface area contributed by atoms with Gasteiger partial charge in [0.25, 0.3) is 0 Å². The third kappa shape index (κ3) is 3.94. The third-order valence-electron chi connectivity index (χ3n) is 5.33. The normalized spacial score (nSPS) is 17.6. The Morgan fingerprint density at radius 3 is 2.56 bits per heavy atom. The number of hydrogen-bond acceptors (Lipinski definition) is 3. The monoisotopic (exact) mass is 364 g/mol. The summed E-state index contributed by atoms with van der Waals surface area (Å²) < 4.78 is 0. The lowest BCUT2D eigenvalue weighted by Crippen LogP contribution is -2.32. The van der Waals surface area contributed by atoms with E-state index in [1.807, 2.05) is 41.3 Å². The Morgan fingerprint density at radius 2 is 1.85 bits per heavy atom. The van der Waals surface area contributed by atoms with Gasteiger partial charge in [0, 0.05) is 25.6 Å². The van der Waals surface area contributed by atoms with Crippen LogP contribution in [-0.2, 0) is 11.3 Å². The first-order chi connectivity index (χ1) is 13.2. The Labute approximate surface area is 159 Å². The first-order valence-electron chi connectivity index (χ1n) is 9.58. The molecule has 6 nitrogen and oxygen atoms in total. The van der Waals surface area contributed by atoms with Gasteiger partial charge in [0.05, 0.1) is 11.9 Å². The van der Waals surface area contributed by atoms with Gasteiger partial charge in [0.15, 0.2) is 0 Å². The molecule has 140 valence electrons. The predicted molar refractivity (Wildman–Crippen MR) is 104 cm³/mol. The van der Waals surface area contributed by atoms with Crippen molar-refractivity contribution in [2.75, 3.05) is 23.3 Å². The zero-order valence-electron chi connectivity index (χ0n) is 15.3. The van der Waals surface area contributed by atoms with Crippen molar-refractivity contribution < 1.29 is 9.59 Å². The molecule has 0 radical (unpaired) electrons. The second-order valence-electron chi connectivity index (χ2n) is 7.22. The molecule has 2 aromatic rings. The summed E-state index contributed by atoms with van der Waals surface area (Å²) >= 11 is 0. The molecule has 2 fully saturated rings. The maximum atomic E-state index is 12.7. The molecule has 3 amide bonds. The van der Waals surface area contributed by atoms with Crippen LogP contribution in [0.3, 0.4) is 0 Å². The van der Waals surface area contributed by atoms with E-state index in [1.165, 1.54) is 0 Å². The van der Waals surface area contributed by atoms with Crippen LogP contribution in [0, 0.1) is 5.92 Å². The van der Waals surface area contributed by atoms with E-state index in [2.05, 4.69) is 10.3 Å². The highest BCUT2D eigenvalue weighted by Gasteiger charge is 2.30. The summed E-state index contributed by atoms with van der Waals surface area (Å²) in [6.07, 6.45) is 5.83. The number of rotatable bonds is 5. The number of carbonyl (C=O) groups is 2. The van der Waals surface area contributed by atoms with Crippen LogP contribution in [0.15, 0.2) is 48.7 Å². The summed E-state index contributed by atoms with van der Waals surface area (Å²) in [5, 5.41) is 2.94. The molecule has 1 saturated carbocycles. The van der Waals surface area contributed by atoms with Crippen molar-refractivity contribution in [1.29, 1.82) is 0 Å². The van der Waals surface area contributed by atoms with Crippen molar-refractivity contribution in [2.24, 2.45) is 5.92 Å². The molecular formula is C21H24N4O2. The van der Waals surface area contributed by atoms with Crippen LogP contribution in [-0.4, -0.2) is 34.9 Å². The van der Waals surface area contributed by atoms with E-state index in [-0.39, 0.29) is 17.9 Å². The minimum absolute atomic E-state index is 0.0332. The highest BCUT2D eigenvalue weighted by molar-refractivity contribution is 5.94. The number of anilines is 2. The van der Waals surface area contributed by atoms with Crippen LogP contribution in [0.1, 0.15) is 31.2 Å². The SMILES string of the molecule is O=C(Nc1ccc(N2CCN(Cc3ccccc3)C2=O)nc1)C1CCCC1. The smallest absolute Gasteiger partial charge is 0.324 e. The zero-order chi connectivity index (χ0) is 18.6. The number of benzene rings is 1. The fraction of sp³-hybridized carbons (Fsp3) is 0.381. The molecule has 27 heavy (non-hydrogen) atoms. The third-order valence-corrected chi connectivity index (χ3v) is 5.33. The molecule has 1 N–H and O–H groups in total. The van der Waals surface area contributed by atoms with E-state index < -0.39 is 0 Å². The van der Waals surface area contributed by atoms with Gasteiger partial charge in [-0.3, -0.25) is 9.69 Å². The van der Waals surface area contributed by atoms with Crippen molar-refractivity contribution in [3.05, 3.63) is 54.2 Å². The maximum Gasteiger partial charge on any atom is 0.326 e. The topological polar surface area (TPSA) is 65.5 Å². The lowest BCUT2D eigenvalue weighted by molar-refractivity contribution is -0.119. The highest BCUT2D eigenvalue weighted by Crippen LogP contribution is 2.26. The van der Waals surface area contributed by atoms with Crippen molar-refractivity contribution >= 4 is 23.4 Å². The highest BCUT2D eigenvalue weighted by atomic mass is 16.2. The summed E-state index contributed by atoms with van der Waals surface area (Å²) in [7, 11) is 0. The number of carbonyl (C=O) groups excluding carboxylic acids is 2. The van der Waals surface area contributed by atoms with Crippen LogP contribution < -0.4 is 10.2 Å². The number of amides is 3. The zero-order valence-corrected chi connectivity index (χ0v) is 15.3. The number of urea groups is 1. The largest absolute Gasteiger partial charge is 0.326 e. The molecule has 0 bridgehead atoms. The fourth-order valence-corrected chi connectivity index (χ4v) is 3.80. The Kier molecular flexibility index (Phi) is 5.05. The number of pyridine rings is 1. The molecule has 1 aromatic carbocycles. The van der Waals surface area contributed by atoms with Crippen LogP contribution >= 0.6 is 0 Å². The molecular weight excluding hydrogens is 340 g/mol. The first-order valence-corrected chi connectivity index (χ1v) is 9.58. The summed E-state index contributed by atoms with van der Waals surface area (Å²) in [6, 6.07) is 13.6. The van der Waals surface area contributed by atoms with Gasteiger partial charge < -0.3 is 10.2 Å². The van der Waals surface area contributed by atoms with E-state index in [1.54, 1.807) is 17.2 Å². The summed E-state index contributed by atoms with van der Waals surface area (Å²) in [5.74, 6) is 0.819. The molecule has 6 heteroatoms. The molecule has 1 aromatic heterocycles. The van der Waals surface area contributed by atoms with Crippen LogP contribution in [0.25, 0.3) is 0 Å². The Balaban J connectivity index is 1.37. The molecule has 0 spiro atoms. The number of nitrogens with one attached hydrogen (secondary N) is 1. The molecule has 4 rings (SSSR count). The standard InChI is InChI=1S/C21H24N4O2/c26-20(17-8-4-5-9-17)23-18-10-11-19(22-14-18)25-13-12-24(21(25)27)15-16-6-2-1-3-7-16/h1-3,6-7,10-11,14,17H,4-5,8-9,12-13,15H2,(H,23,26). The summed E-state index contributed by atoms with van der Waals surface area (Å²) in [4.78, 5) is 32.8. The molecule has 1 aliphatic heterocycles. The Hall–Kier alpha value is -2.89. The quantitative estimate of drug-likeness (QED) is 0.881. The molecule has 0 unspecified atom stereocenters. The average molecular weight is 364 g/mol. The Bertz CT molecular complexity index is 801. The van der Waals surface area contributed by atoms with Crippen molar-refractivity contribution in [3.63, 3.8) is 0 Å². The Morgan fingerprint density at radius 1 is 1.07 bits per heavy atom. The average Bonchev–Trinajstić information content (AvgIpc) is 3.35. The molecule has 0 atom stereocenters. The minimum Gasteiger partial charge on any atom is -0.324 e. The second-order valence-corrected chi connectivity index (χ2v) is 7.22. The molecule has 1 saturated heterocycles. The van der Waals surface area contributed by atoms with E-state index in [9.17, 15) is 9.59 Å². The van der Waals surface area contributed by atoms with Gasteiger partial charge in [-0.15, -0.1) is 0 Å². The van der Waals surface area contributed by atoms with Gasteiger partial charge in [0.2, 0.25) is 5.91 Å². The molecule has 1 aliphatic carbocycles. The van der Waals surface area contributed by atoms with E-state index in [0.717, 1.165) is 31.2 Å². The number of aromatic nitrogens is 1. The fourth-order valence-electron chi connectivity index (χ4n) is 3.80. The molecule has 2 heterocycles. The van der Waals surface area contributed by atoms with Gasteiger partial charge in [-0.25, -0.2) is 9.78 Å². The lowest BCUT2D eigenvalue weighted by Gasteiger charge is -2.18.